The van der Waals surface area contributed by atoms with E-state index in [0.29, 0.717) is 29.9 Å². The molecule has 2 aromatic rings. The molecular formula is C23H24IN3O4. The van der Waals surface area contributed by atoms with Gasteiger partial charge >= 0.3 is 0 Å². The van der Waals surface area contributed by atoms with Crippen molar-refractivity contribution in [3.63, 3.8) is 0 Å². The van der Waals surface area contributed by atoms with Gasteiger partial charge in [0.1, 0.15) is 5.75 Å². The zero-order chi connectivity index (χ0) is 22.0. The van der Waals surface area contributed by atoms with Gasteiger partial charge in [-0.15, -0.1) is 0 Å². The molecule has 0 radical (unpaired) electrons. The Morgan fingerprint density at radius 3 is 2.84 bits per heavy atom. The fraction of sp³-hybridized carbons (Fsp3) is 0.304. The number of phenols is 1. The van der Waals surface area contributed by atoms with Crippen LogP contribution in [0, 0.1) is 3.57 Å². The van der Waals surface area contributed by atoms with Crippen molar-refractivity contribution < 1.29 is 19.4 Å². The average molecular weight is 533 g/mol. The Labute approximate surface area is 194 Å². The van der Waals surface area contributed by atoms with Crippen LogP contribution in [0.25, 0.3) is 5.57 Å². The molecule has 2 aromatic carbocycles. The Morgan fingerprint density at radius 1 is 1.23 bits per heavy atom. The van der Waals surface area contributed by atoms with Crippen LogP contribution in [0.3, 0.4) is 0 Å². The topological polar surface area (TPSA) is 90.9 Å². The number of nitrogens with zero attached hydrogens (tertiary/aromatic N) is 1. The highest BCUT2D eigenvalue weighted by Crippen LogP contribution is 2.34. The number of hydrogen-bond acceptors (Lipinski definition) is 6. The van der Waals surface area contributed by atoms with Crippen LogP contribution in [-0.2, 0) is 16.1 Å². The Hall–Kier alpha value is -2.59. The monoisotopic (exact) mass is 533 g/mol. The van der Waals surface area contributed by atoms with E-state index in [4.69, 9.17) is 4.74 Å². The molecule has 2 heterocycles. The highest BCUT2D eigenvalue weighted by molar-refractivity contribution is 14.1. The van der Waals surface area contributed by atoms with Gasteiger partial charge in [-0.25, -0.2) is 0 Å². The van der Waals surface area contributed by atoms with Crippen molar-refractivity contribution in [2.75, 3.05) is 25.2 Å². The van der Waals surface area contributed by atoms with E-state index < -0.39 is 5.91 Å². The van der Waals surface area contributed by atoms with Gasteiger partial charge in [-0.05, 0) is 71.3 Å². The summed E-state index contributed by atoms with van der Waals surface area (Å²) in [5.74, 6) is -0.581. The summed E-state index contributed by atoms with van der Waals surface area (Å²) < 4.78 is 6.25. The highest BCUT2D eigenvalue weighted by atomic mass is 127. The number of amides is 2. The van der Waals surface area contributed by atoms with Crippen LogP contribution < -0.4 is 15.5 Å². The highest BCUT2D eigenvalue weighted by Gasteiger charge is 2.28. The van der Waals surface area contributed by atoms with Crippen molar-refractivity contribution in [2.24, 2.45) is 0 Å². The summed E-state index contributed by atoms with van der Waals surface area (Å²) in [4.78, 5) is 26.6. The molecule has 0 aliphatic carbocycles. The maximum absolute atomic E-state index is 12.4. The largest absolute Gasteiger partial charge is 0.506 e. The predicted octanol–water partition coefficient (Wildman–Crippen LogP) is 3.01. The molecule has 1 fully saturated rings. The van der Waals surface area contributed by atoms with Gasteiger partial charge in [-0.1, -0.05) is 6.07 Å². The van der Waals surface area contributed by atoms with Crippen molar-refractivity contribution in [3.8, 4) is 5.75 Å². The molecule has 0 saturated carbocycles. The summed E-state index contributed by atoms with van der Waals surface area (Å²) in [7, 11) is 1.70. The summed E-state index contributed by atoms with van der Waals surface area (Å²) in [5, 5.41) is 16.1. The Morgan fingerprint density at radius 2 is 2.06 bits per heavy atom. The SMILES string of the molecule is COC[C@@H]1CCCN1c1ccc(CNC=C2C(=O)NC(=O)c3ccc(I)cc32)cc1O. The number of carbonyl (C=O) groups is 2. The van der Waals surface area contributed by atoms with Gasteiger partial charge in [0.15, 0.2) is 0 Å². The summed E-state index contributed by atoms with van der Waals surface area (Å²) in [5.41, 5.74) is 3.20. The maximum Gasteiger partial charge on any atom is 0.260 e. The number of methoxy groups -OCH3 is 1. The number of benzene rings is 2. The van der Waals surface area contributed by atoms with Gasteiger partial charge in [0.25, 0.3) is 11.8 Å². The van der Waals surface area contributed by atoms with E-state index in [0.717, 1.165) is 34.2 Å². The van der Waals surface area contributed by atoms with E-state index in [-0.39, 0.29) is 17.7 Å². The van der Waals surface area contributed by atoms with E-state index >= 15 is 0 Å². The zero-order valence-electron chi connectivity index (χ0n) is 17.2. The predicted molar refractivity (Wildman–Crippen MR) is 127 cm³/mol. The van der Waals surface area contributed by atoms with Crippen LogP contribution in [0.2, 0.25) is 0 Å². The van der Waals surface area contributed by atoms with Crippen LogP contribution in [0.4, 0.5) is 5.69 Å². The third-order valence-electron chi connectivity index (χ3n) is 5.63. The number of nitrogens with one attached hydrogen (secondary N) is 2. The van der Waals surface area contributed by atoms with Gasteiger partial charge in [-0.2, -0.15) is 0 Å². The van der Waals surface area contributed by atoms with Crippen molar-refractivity contribution in [1.82, 2.24) is 10.6 Å². The van der Waals surface area contributed by atoms with E-state index in [1.165, 1.54) is 0 Å². The normalized spacial score (nSPS) is 19.5. The number of rotatable bonds is 6. The van der Waals surface area contributed by atoms with Crippen LogP contribution in [-0.4, -0.2) is 43.2 Å². The summed E-state index contributed by atoms with van der Waals surface area (Å²) >= 11 is 2.16. The van der Waals surface area contributed by atoms with Crippen LogP contribution >= 0.6 is 22.6 Å². The lowest BCUT2D eigenvalue weighted by Gasteiger charge is -2.27. The van der Waals surface area contributed by atoms with Crippen LogP contribution in [0.15, 0.2) is 42.6 Å². The first-order valence-electron chi connectivity index (χ1n) is 10.1. The molecule has 31 heavy (non-hydrogen) atoms. The number of carbonyl (C=O) groups excluding carboxylic acids is 2. The Balaban J connectivity index is 1.49. The molecular weight excluding hydrogens is 509 g/mol. The maximum atomic E-state index is 12.4. The Bertz CT molecular complexity index is 1050. The number of phenolic OH excluding ortho intramolecular Hbond substituents is 1. The molecule has 4 rings (SSSR count). The summed E-state index contributed by atoms with van der Waals surface area (Å²) in [6.45, 7) is 1.97. The van der Waals surface area contributed by atoms with E-state index in [9.17, 15) is 14.7 Å². The van der Waals surface area contributed by atoms with E-state index in [1.807, 2.05) is 24.3 Å². The molecule has 8 heteroatoms. The fourth-order valence-electron chi connectivity index (χ4n) is 4.15. The molecule has 3 N–H and O–H groups in total. The molecule has 2 aliphatic heterocycles. The van der Waals surface area contributed by atoms with Gasteiger partial charge in [0.2, 0.25) is 0 Å². The van der Waals surface area contributed by atoms with Crippen molar-refractivity contribution in [2.45, 2.75) is 25.4 Å². The zero-order valence-corrected chi connectivity index (χ0v) is 19.3. The number of imide groups is 1. The molecule has 0 aromatic heterocycles. The first kappa shape index (κ1) is 21.6. The number of halogens is 1. The number of anilines is 1. The second kappa shape index (κ2) is 9.27. The number of hydrogen-bond donors (Lipinski definition) is 3. The number of aromatic hydroxyl groups is 1. The van der Waals surface area contributed by atoms with Crippen molar-refractivity contribution >= 4 is 45.7 Å². The molecule has 1 saturated heterocycles. The average Bonchev–Trinajstić information content (AvgIpc) is 3.18. The summed E-state index contributed by atoms with van der Waals surface area (Å²) in [6.07, 6.45) is 3.75. The standard InChI is InChI=1S/C23H24IN3O4/c1-31-13-16-3-2-8-27(16)20-7-4-14(9-21(20)28)11-25-12-19-18-10-15(24)5-6-17(18)22(29)26-23(19)30/h4-7,9-10,12,16,25,28H,2-3,8,11,13H2,1H3,(H,26,29,30)/t16-/m0/s1. The molecule has 0 unspecified atom stereocenters. The fourth-order valence-corrected chi connectivity index (χ4v) is 4.64. The second-order valence-corrected chi connectivity index (χ2v) is 8.93. The van der Waals surface area contributed by atoms with Gasteiger partial charge in [-0.3, -0.25) is 14.9 Å². The lowest BCUT2D eigenvalue weighted by atomic mass is 9.95. The van der Waals surface area contributed by atoms with Gasteiger partial charge in [0.05, 0.1) is 23.9 Å². The lowest BCUT2D eigenvalue weighted by molar-refractivity contribution is -0.114. The van der Waals surface area contributed by atoms with E-state index in [1.54, 1.807) is 25.4 Å². The molecule has 7 nitrogen and oxygen atoms in total. The summed E-state index contributed by atoms with van der Waals surface area (Å²) in [6, 6.07) is 11.3. The molecule has 1 atom stereocenters. The smallest absolute Gasteiger partial charge is 0.260 e. The minimum absolute atomic E-state index is 0.232. The number of fused-ring (bicyclic) bond motifs is 1. The van der Waals surface area contributed by atoms with Crippen molar-refractivity contribution in [1.29, 1.82) is 0 Å². The van der Waals surface area contributed by atoms with Crippen molar-refractivity contribution in [3.05, 3.63) is 62.9 Å². The van der Waals surface area contributed by atoms with Gasteiger partial charge < -0.3 is 20.1 Å². The first-order chi connectivity index (χ1) is 15.0. The molecule has 162 valence electrons. The van der Waals surface area contributed by atoms with E-state index in [2.05, 4.69) is 38.1 Å². The number of ether oxygens (including phenoxy) is 1. The molecule has 2 aliphatic rings. The first-order valence-corrected chi connectivity index (χ1v) is 11.2. The third kappa shape index (κ3) is 4.54. The van der Waals surface area contributed by atoms with Gasteiger partial charge in [0, 0.05) is 41.1 Å². The molecule has 0 bridgehead atoms. The minimum atomic E-state index is -0.427. The second-order valence-electron chi connectivity index (χ2n) is 7.68. The third-order valence-corrected chi connectivity index (χ3v) is 6.30. The quantitative estimate of drug-likeness (QED) is 0.301. The Kier molecular flexibility index (Phi) is 6.47. The van der Waals surface area contributed by atoms with Crippen LogP contribution in [0.5, 0.6) is 5.75 Å². The molecule has 2 amide bonds. The minimum Gasteiger partial charge on any atom is -0.506 e. The lowest BCUT2D eigenvalue weighted by Crippen LogP contribution is -2.37. The van der Waals surface area contributed by atoms with Crippen LogP contribution in [0.1, 0.15) is 34.3 Å². The molecule has 0 spiro atoms.